The van der Waals surface area contributed by atoms with E-state index in [9.17, 15) is 4.79 Å². The third-order valence-corrected chi connectivity index (χ3v) is 11.0. The van der Waals surface area contributed by atoms with E-state index in [1.165, 1.54) is 56.9 Å². The summed E-state index contributed by atoms with van der Waals surface area (Å²) in [6, 6.07) is 0. The SMILES string of the molecule is C=C(C)[C@@H](C)CC[C@@H](C)[C@H]1CC[C@H]2[C@@H]3CC=C4C[C@@H](OC(C)=O)CC[C@]4(C)[C@H]3CC[C@]12C. The molecule has 3 fully saturated rings. The normalized spacial score (nSPS) is 42.7. The van der Waals surface area contributed by atoms with Crippen LogP contribution >= 0.6 is 0 Å². The van der Waals surface area contributed by atoms with Gasteiger partial charge in [-0.2, -0.15) is 0 Å². The van der Waals surface area contributed by atoms with Gasteiger partial charge in [0.2, 0.25) is 0 Å². The summed E-state index contributed by atoms with van der Waals surface area (Å²) >= 11 is 0. The molecule has 0 aromatic heterocycles. The second-order valence-corrected chi connectivity index (χ2v) is 12.8. The lowest BCUT2D eigenvalue weighted by atomic mass is 9.47. The Hall–Kier alpha value is -1.05. The van der Waals surface area contributed by atoms with Crippen LogP contribution in [0.1, 0.15) is 106 Å². The number of fused-ring (bicyclic) bond motifs is 5. The van der Waals surface area contributed by atoms with Crippen molar-refractivity contribution < 1.29 is 9.53 Å². The van der Waals surface area contributed by atoms with Crippen LogP contribution in [-0.2, 0) is 9.53 Å². The van der Waals surface area contributed by atoms with E-state index in [-0.39, 0.29) is 12.1 Å². The topological polar surface area (TPSA) is 26.3 Å². The van der Waals surface area contributed by atoms with E-state index in [2.05, 4.69) is 47.3 Å². The van der Waals surface area contributed by atoms with Crippen LogP contribution in [0.4, 0.5) is 0 Å². The fourth-order valence-electron chi connectivity index (χ4n) is 8.90. The number of carbonyl (C=O) groups excluding carboxylic acids is 1. The first-order chi connectivity index (χ1) is 15.1. The minimum atomic E-state index is -0.120. The average Bonchev–Trinajstić information content (AvgIpc) is 3.08. The van der Waals surface area contributed by atoms with E-state index >= 15 is 0 Å². The van der Waals surface area contributed by atoms with E-state index in [1.807, 2.05) is 0 Å². The summed E-state index contributed by atoms with van der Waals surface area (Å²) in [7, 11) is 0. The van der Waals surface area contributed by atoms with Crippen molar-refractivity contribution in [2.24, 2.45) is 46.3 Å². The maximum absolute atomic E-state index is 11.5. The van der Waals surface area contributed by atoms with Crippen molar-refractivity contribution in [3.8, 4) is 0 Å². The summed E-state index contributed by atoms with van der Waals surface area (Å²) in [4.78, 5) is 11.5. The fourth-order valence-corrected chi connectivity index (χ4v) is 8.90. The van der Waals surface area contributed by atoms with Crippen LogP contribution in [0.3, 0.4) is 0 Å². The largest absolute Gasteiger partial charge is 0.462 e. The highest BCUT2D eigenvalue weighted by Crippen LogP contribution is 2.67. The minimum Gasteiger partial charge on any atom is -0.462 e. The molecule has 2 nitrogen and oxygen atoms in total. The van der Waals surface area contributed by atoms with Crippen molar-refractivity contribution in [1.82, 2.24) is 0 Å². The van der Waals surface area contributed by atoms with Gasteiger partial charge >= 0.3 is 5.97 Å². The first kappa shape index (κ1) is 24.1. The van der Waals surface area contributed by atoms with Crippen molar-refractivity contribution in [3.05, 3.63) is 23.8 Å². The monoisotopic (exact) mass is 440 g/mol. The second kappa shape index (κ2) is 8.95. The van der Waals surface area contributed by atoms with Gasteiger partial charge in [-0.25, -0.2) is 0 Å². The highest BCUT2D eigenvalue weighted by molar-refractivity contribution is 5.66. The second-order valence-electron chi connectivity index (χ2n) is 12.8. The molecule has 0 aliphatic heterocycles. The third-order valence-electron chi connectivity index (χ3n) is 11.0. The highest BCUT2D eigenvalue weighted by atomic mass is 16.5. The van der Waals surface area contributed by atoms with Gasteiger partial charge in [-0.1, -0.05) is 51.5 Å². The Bertz CT molecular complexity index is 765. The van der Waals surface area contributed by atoms with Crippen LogP contribution in [0.25, 0.3) is 0 Å². The van der Waals surface area contributed by atoms with Gasteiger partial charge in [0.1, 0.15) is 6.10 Å². The number of hydrogen-bond acceptors (Lipinski definition) is 2. The van der Waals surface area contributed by atoms with Gasteiger partial charge in [0.25, 0.3) is 0 Å². The fraction of sp³-hybridized carbons (Fsp3) is 0.833. The van der Waals surface area contributed by atoms with Gasteiger partial charge in [-0.05, 0) is 111 Å². The lowest BCUT2D eigenvalue weighted by molar-refractivity contribution is -0.148. The molecule has 0 unspecified atom stereocenters. The van der Waals surface area contributed by atoms with Crippen molar-refractivity contribution in [3.63, 3.8) is 0 Å². The molecule has 0 aromatic carbocycles. The van der Waals surface area contributed by atoms with Crippen LogP contribution in [0, 0.1) is 46.3 Å². The molecule has 4 aliphatic carbocycles. The van der Waals surface area contributed by atoms with Gasteiger partial charge in [-0.3, -0.25) is 4.79 Å². The molecule has 4 rings (SSSR count). The molecule has 0 amide bonds. The molecule has 3 saturated carbocycles. The molecular formula is C30H48O2. The summed E-state index contributed by atoms with van der Waals surface area (Å²) < 4.78 is 5.62. The Balaban J connectivity index is 1.47. The zero-order valence-corrected chi connectivity index (χ0v) is 21.7. The number of esters is 1. The molecule has 0 radical (unpaired) electrons. The van der Waals surface area contributed by atoms with E-state index in [4.69, 9.17) is 4.74 Å². The lowest BCUT2D eigenvalue weighted by Gasteiger charge is -2.58. The van der Waals surface area contributed by atoms with Gasteiger partial charge < -0.3 is 4.74 Å². The maximum atomic E-state index is 11.5. The van der Waals surface area contributed by atoms with Crippen LogP contribution in [0.2, 0.25) is 0 Å². The van der Waals surface area contributed by atoms with Crippen molar-refractivity contribution >= 4 is 5.97 Å². The number of hydrogen-bond donors (Lipinski definition) is 0. The maximum Gasteiger partial charge on any atom is 0.302 e. The van der Waals surface area contributed by atoms with Gasteiger partial charge in [0.05, 0.1) is 0 Å². The highest BCUT2D eigenvalue weighted by Gasteiger charge is 2.59. The summed E-state index contributed by atoms with van der Waals surface area (Å²) in [5.74, 6) is 4.84. The molecule has 0 heterocycles. The van der Waals surface area contributed by atoms with Gasteiger partial charge in [0, 0.05) is 13.3 Å². The Morgan fingerprint density at radius 3 is 2.53 bits per heavy atom. The smallest absolute Gasteiger partial charge is 0.302 e. The molecule has 0 bridgehead atoms. The third kappa shape index (κ3) is 4.14. The molecule has 4 aliphatic rings. The number of allylic oxidation sites excluding steroid dienone is 2. The molecule has 0 aromatic rings. The van der Waals surface area contributed by atoms with Gasteiger partial charge in [0.15, 0.2) is 0 Å². The Morgan fingerprint density at radius 1 is 1.09 bits per heavy atom. The number of ether oxygens (including phenoxy) is 1. The summed E-state index contributed by atoms with van der Waals surface area (Å²) in [6.45, 7) is 18.0. The van der Waals surface area contributed by atoms with Crippen molar-refractivity contribution in [2.45, 2.75) is 112 Å². The predicted molar refractivity (Wildman–Crippen MR) is 133 cm³/mol. The standard InChI is InChI=1S/C30H48O2/c1-19(2)20(3)8-9-21(4)26-12-13-27-25-11-10-23-18-24(32-22(5)31)14-16-29(23,6)28(25)15-17-30(26,27)7/h10,20-21,24-28H,1,8-9,11-18H2,2-7H3/t20-,21+,24-,25-,26+,27-,28-,29-,30+/m0/s1. The molecule has 180 valence electrons. The van der Waals surface area contributed by atoms with E-state index < -0.39 is 0 Å². The Kier molecular flexibility index (Phi) is 6.74. The lowest BCUT2D eigenvalue weighted by Crippen LogP contribution is -2.51. The molecule has 0 N–H and O–H groups in total. The van der Waals surface area contributed by atoms with Crippen LogP contribution in [-0.4, -0.2) is 12.1 Å². The minimum absolute atomic E-state index is 0.107. The molecule has 2 heteroatoms. The van der Waals surface area contributed by atoms with Crippen molar-refractivity contribution in [1.29, 1.82) is 0 Å². The summed E-state index contributed by atoms with van der Waals surface area (Å²) in [5.41, 5.74) is 3.82. The van der Waals surface area contributed by atoms with Crippen LogP contribution in [0.15, 0.2) is 23.8 Å². The van der Waals surface area contributed by atoms with Crippen LogP contribution < -0.4 is 0 Å². The van der Waals surface area contributed by atoms with E-state index in [1.54, 1.807) is 12.5 Å². The zero-order valence-electron chi connectivity index (χ0n) is 21.7. The zero-order chi connectivity index (χ0) is 23.3. The molecule has 0 saturated heterocycles. The summed E-state index contributed by atoms with van der Waals surface area (Å²) in [5, 5.41) is 0. The van der Waals surface area contributed by atoms with E-state index in [0.29, 0.717) is 16.7 Å². The van der Waals surface area contributed by atoms with Crippen LogP contribution in [0.5, 0.6) is 0 Å². The van der Waals surface area contributed by atoms with E-state index in [0.717, 1.165) is 42.4 Å². The first-order valence-electron chi connectivity index (χ1n) is 13.6. The Morgan fingerprint density at radius 2 is 1.84 bits per heavy atom. The predicted octanol–water partition coefficient (Wildman–Crippen LogP) is 8.13. The molecular weight excluding hydrogens is 392 g/mol. The number of rotatable bonds is 6. The number of carbonyl (C=O) groups is 1. The molecule has 0 spiro atoms. The van der Waals surface area contributed by atoms with Gasteiger partial charge in [-0.15, -0.1) is 0 Å². The quantitative estimate of drug-likeness (QED) is 0.308. The first-order valence-corrected chi connectivity index (χ1v) is 13.6. The Labute approximate surface area is 197 Å². The molecule has 32 heavy (non-hydrogen) atoms. The van der Waals surface area contributed by atoms with Crippen molar-refractivity contribution in [2.75, 3.05) is 0 Å². The summed E-state index contributed by atoms with van der Waals surface area (Å²) in [6.07, 6.45) is 15.5. The molecule has 9 atom stereocenters. The average molecular weight is 441 g/mol.